The van der Waals surface area contributed by atoms with Crippen LogP contribution in [-0.2, 0) is 0 Å². The highest BCUT2D eigenvalue weighted by molar-refractivity contribution is 4.96. The highest BCUT2D eigenvalue weighted by Crippen LogP contribution is 2.54. The van der Waals surface area contributed by atoms with Crippen molar-refractivity contribution < 1.29 is 8.78 Å². The molecule has 0 aromatic heterocycles. The van der Waals surface area contributed by atoms with Crippen LogP contribution >= 0.6 is 0 Å². The molecule has 0 aromatic carbocycles. The standard InChI is InChI=1S/C9H15F2N/c10-9(11)5-12-4-6-1-7-3-8(7)2-6/h6-9,12H,1-5H2. The summed E-state index contributed by atoms with van der Waals surface area (Å²) < 4.78 is 23.5. The highest BCUT2D eigenvalue weighted by atomic mass is 19.3. The van der Waals surface area contributed by atoms with Gasteiger partial charge in [0.05, 0.1) is 6.54 Å². The molecule has 3 heteroatoms. The molecule has 70 valence electrons. The first-order valence-electron chi connectivity index (χ1n) is 4.74. The van der Waals surface area contributed by atoms with Gasteiger partial charge in [-0.15, -0.1) is 0 Å². The molecule has 0 aliphatic heterocycles. The molecule has 1 N–H and O–H groups in total. The minimum absolute atomic E-state index is 0.133. The van der Waals surface area contributed by atoms with Crippen LogP contribution in [0.15, 0.2) is 0 Å². The Morgan fingerprint density at radius 3 is 2.42 bits per heavy atom. The second-order valence-corrected chi connectivity index (χ2v) is 4.14. The summed E-state index contributed by atoms with van der Waals surface area (Å²) in [7, 11) is 0. The molecular weight excluding hydrogens is 160 g/mol. The van der Waals surface area contributed by atoms with E-state index in [0.717, 1.165) is 18.4 Å². The van der Waals surface area contributed by atoms with Gasteiger partial charge in [0.2, 0.25) is 0 Å². The summed E-state index contributed by atoms with van der Waals surface area (Å²) in [5.41, 5.74) is 0. The molecule has 0 bridgehead atoms. The molecule has 2 atom stereocenters. The Kier molecular flexibility index (Phi) is 2.31. The fourth-order valence-corrected chi connectivity index (χ4v) is 2.40. The van der Waals surface area contributed by atoms with Crippen LogP contribution in [0.1, 0.15) is 19.3 Å². The van der Waals surface area contributed by atoms with Gasteiger partial charge in [-0.2, -0.15) is 0 Å². The molecular formula is C9H15F2N. The first-order valence-corrected chi connectivity index (χ1v) is 4.74. The number of fused-ring (bicyclic) bond motifs is 1. The van der Waals surface area contributed by atoms with Gasteiger partial charge in [0.1, 0.15) is 0 Å². The Hall–Kier alpha value is -0.180. The molecule has 2 rings (SSSR count). The molecule has 0 amide bonds. The summed E-state index contributed by atoms with van der Waals surface area (Å²) >= 11 is 0. The lowest BCUT2D eigenvalue weighted by atomic mass is 10.0. The molecule has 0 saturated heterocycles. The molecule has 2 unspecified atom stereocenters. The number of hydrogen-bond acceptors (Lipinski definition) is 1. The van der Waals surface area contributed by atoms with Crippen LogP contribution in [-0.4, -0.2) is 19.5 Å². The molecule has 2 saturated carbocycles. The van der Waals surface area contributed by atoms with Crippen LogP contribution < -0.4 is 5.32 Å². The zero-order valence-corrected chi connectivity index (χ0v) is 7.10. The quantitative estimate of drug-likeness (QED) is 0.688. The molecule has 0 heterocycles. The van der Waals surface area contributed by atoms with Crippen molar-refractivity contribution in [2.45, 2.75) is 25.7 Å². The van der Waals surface area contributed by atoms with E-state index in [9.17, 15) is 8.78 Å². The van der Waals surface area contributed by atoms with E-state index in [1.165, 1.54) is 19.3 Å². The summed E-state index contributed by atoms with van der Waals surface area (Å²) in [5, 5.41) is 2.82. The lowest BCUT2D eigenvalue weighted by Crippen LogP contribution is -2.26. The van der Waals surface area contributed by atoms with Gasteiger partial charge in [0.15, 0.2) is 0 Å². The van der Waals surface area contributed by atoms with E-state index >= 15 is 0 Å². The van der Waals surface area contributed by atoms with E-state index < -0.39 is 6.43 Å². The van der Waals surface area contributed by atoms with Crippen molar-refractivity contribution in [1.29, 1.82) is 0 Å². The van der Waals surface area contributed by atoms with E-state index in [1.54, 1.807) is 0 Å². The van der Waals surface area contributed by atoms with E-state index in [-0.39, 0.29) is 6.54 Å². The maximum absolute atomic E-state index is 11.7. The summed E-state index contributed by atoms with van der Waals surface area (Å²) in [4.78, 5) is 0. The lowest BCUT2D eigenvalue weighted by molar-refractivity contribution is 0.144. The van der Waals surface area contributed by atoms with Gasteiger partial charge in [-0.3, -0.25) is 0 Å². The van der Waals surface area contributed by atoms with Gasteiger partial charge in [0.25, 0.3) is 6.43 Å². The molecule has 0 spiro atoms. The lowest BCUT2D eigenvalue weighted by Gasteiger charge is -2.11. The van der Waals surface area contributed by atoms with Gasteiger partial charge in [-0.25, -0.2) is 8.78 Å². The van der Waals surface area contributed by atoms with E-state index in [0.29, 0.717) is 5.92 Å². The first kappa shape index (κ1) is 8.42. The van der Waals surface area contributed by atoms with Crippen molar-refractivity contribution in [3.63, 3.8) is 0 Å². The average Bonchev–Trinajstić information content (AvgIpc) is 2.59. The van der Waals surface area contributed by atoms with Crippen LogP contribution in [0.25, 0.3) is 0 Å². The van der Waals surface area contributed by atoms with Crippen LogP contribution in [0.2, 0.25) is 0 Å². The van der Waals surface area contributed by atoms with Gasteiger partial charge in [-0.05, 0) is 43.6 Å². The van der Waals surface area contributed by atoms with Crippen molar-refractivity contribution >= 4 is 0 Å². The third-order valence-electron chi connectivity index (χ3n) is 3.07. The average molecular weight is 175 g/mol. The zero-order chi connectivity index (χ0) is 8.55. The number of alkyl halides is 2. The van der Waals surface area contributed by atoms with Crippen LogP contribution in [0, 0.1) is 17.8 Å². The van der Waals surface area contributed by atoms with Crippen molar-refractivity contribution in [1.82, 2.24) is 5.32 Å². The SMILES string of the molecule is FC(F)CNCC1CC2CC2C1. The molecule has 0 aromatic rings. The Bertz CT molecular complexity index is 151. The van der Waals surface area contributed by atoms with Crippen LogP contribution in [0.3, 0.4) is 0 Å². The van der Waals surface area contributed by atoms with E-state index in [4.69, 9.17) is 0 Å². The Labute approximate surface area is 71.5 Å². The van der Waals surface area contributed by atoms with Crippen LogP contribution in [0.5, 0.6) is 0 Å². The maximum Gasteiger partial charge on any atom is 0.250 e. The van der Waals surface area contributed by atoms with Gasteiger partial charge < -0.3 is 5.32 Å². The maximum atomic E-state index is 11.7. The smallest absolute Gasteiger partial charge is 0.250 e. The van der Waals surface area contributed by atoms with Crippen LogP contribution in [0.4, 0.5) is 8.78 Å². The van der Waals surface area contributed by atoms with Crippen molar-refractivity contribution in [3.05, 3.63) is 0 Å². The number of rotatable bonds is 4. The number of nitrogens with one attached hydrogen (secondary N) is 1. The third kappa shape index (κ3) is 1.94. The van der Waals surface area contributed by atoms with Gasteiger partial charge in [-0.1, -0.05) is 0 Å². The molecule has 2 aliphatic carbocycles. The van der Waals surface area contributed by atoms with Gasteiger partial charge >= 0.3 is 0 Å². The van der Waals surface area contributed by atoms with Crippen molar-refractivity contribution in [2.24, 2.45) is 17.8 Å². The predicted molar refractivity (Wildman–Crippen MR) is 43.2 cm³/mol. The highest BCUT2D eigenvalue weighted by Gasteiger charge is 2.45. The predicted octanol–water partition coefficient (Wildman–Crippen LogP) is 1.89. The first-order chi connectivity index (χ1) is 5.75. The second kappa shape index (κ2) is 3.29. The Morgan fingerprint density at radius 2 is 1.83 bits per heavy atom. The molecule has 1 nitrogen and oxygen atoms in total. The zero-order valence-electron chi connectivity index (χ0n) is 7.10. The normalized spacial score (nSPS) is 38.8. The Balaban J connectivity index is 1.56. The fraction of sp³-hybridized carbons (Fsp3) is 1.00. The minimum atomic E-state index is -2.19. The molecule has 2 aliphatic rings. The second-order valence-electron chi connectivity index (χ2n) is 4.14. The molecule has 12 heavy (non-hydrogen) atoms. The summed E-state index contributed by atoms with van der Waals surface area (Å²) in [5.74, 6) is 2.61. The third-order valence-corrected chi connectivity index (χ3v) is 3.07. The monoisotopic (exact) mass is 175 g/mol. The molecule has 0 radical (unpaired) electrons. The summed E-state index contributed by atoms with van der Waals surface area (Å²) in [6, 6.07) is 0. The summed E-state index contributed by atoms with van der Waals surface area (Å²) in [6.07, 6.45) is 1.77. The summed E-state index contributed by atoms with van der Waals surface area (Å²) in [6.45, 7) is 0.670. The van der Waals surface area contributed by atoms with E-state index in [1.807, 2.05) is 0 Å². The Morgan fingerprint density at radius 1 is 1.17 bits per heavy atom. The number of halogens is 2. The van der Waals surface area contributed by atoms with Crippen molar-refractivity contribution in [2.75, 3.05) is 13.1 Å². The number of hydrogen-bond donors (Lipinski definition) is 1. The van der Waals surface area contributed by atoms with Gasteiger partial charge in [0, 0.05) is 0 Å². The molecule has 2 fully saturated rings. The largest absolute Gasteiger partial charge is 0.311 e. The topological polar surface area (TPSA) is 12.0 Å². The minimum Gasteiger partial charge on any atom is -0.311 e. The van der Waals surface area contributed by atoms with Crippen molar-refractivity contribution in [3.8, 4) is 0 Å². The van der Waals surface area contributed by atoms with E-state index in [2.05, 4.69) is 5.32 Å². The fourth-order valence-electron chi connectivity index (χ4n) is 2.40.